The Morgan fingerprint density at radius 3 is 2.65 bits per heavy atom. The second kappa shape index (κ2) is 6.77. The molecule has 1 N–H and O–H groups in total. The molecule has 2 unspecified atom stereocenters. The van der Waals surface area contributed by atoms with Crippen LogP contribution in [0.15, 0.2) is 6.07 Å². The molecular weight excluding hydrogens is 216 g/mol. The summed E-state index contributed by atoms with van der Waals surface area (Å²) >= 11 is 0. The molecule has 0 saturated heterocycles. The average Bonchev–Trinajstić information content (AvgIpc) is 2.57. The number of aromatic nitrogens is 2. The minimum Gasteiger partial charge on any atom is -0.390 e. The summed E-state index contributed by atoms with van der Waals surface area (Å²) < 4.78 is 7.41. The van der Waals surface area contributed by atoms with Gasteiger partial charge in [-0.1, -0.05) is 13.3 Å². The summed E-state index contributed by atoms with van der Waals surface area (Å²) in [5.41, 5.74) is 2.04. The quantitative estimate of drug-likeness (QED) is 0.791. The fourth-order valence-corrected chi connectivity index (χ4v) is 2.09. The van der Waals surface area contributed by atoms with E-state index in [-0.39, 0.29) is 6.10 Å². The van der Waals surface area contributed by atoms with Crippen molar-refractivity contribution in [1.82, 2.24) is 9.78 Å². The van der Waals surface area contributed by atoms with Crippen LogP contribution < -0.4 is 0 Å². The van der Waals surface area contributed by atoms with Crippen molar-refractivity contribution in [3.05, 3.63) is 17.5 Å². The number of nitrogens with zero attached hydrogens (tertiary/aromatic N) is 2. The Kier molecular flexibility index (Phi) is 5.65. The molecule has 0 aliphatic heterocycles. The van der Waals surface area contributed by atoms with Crippen molar-refractivity contribution in [3.63, 3.8) is 0 Å². The fraction of sp³-hybridized carbons (Fsp3) is 0.769. The van der Waals surface area contributed by atoms with E-state index in [0.717, 1.165) is 24.2 Å². The van der Waals surface area contributed by atoms with Gasteiger partial charge in [0.1, 0.15) is 0 Å². The van der Waals surface area contributed by atoms with Crippen LogP contribution >= 0.6 is 0 Å². The first-order valence-corrected chi connectivity index (χ1v) is 6.37. The Morgan fingerprint density at radius 2 is 2.18 bits per heavy atom. The number of hydrogen-bond acceptors (Lipinski definition) is 3. The summed E-state index contributed by atoms with van der Waals surface area (Å²) in [5.74, 6) is 0. The van der Waals surface area contributed by atoms with Gasteiger partial charge in [-0.25, -0.2) is 0 Å². The molecule has 0 amide bonds. The molecule has 1 aromatic heterocycles. The highest BCUT2D eigenvalue weighted by molar-refractivity contribution is 5.09. The summed E-state index contributed by atoms with van der Waals surface area (Å²) in [4.78, 5) is 0. The largest absolute Gasteiger partial charge is 0.390 e. The zero-order chi connectivity index (χ0) is 12.8. The van der Waals surface area contributed by atoms with Crippen LogP contribution in [0.25, 0.3) is 0 Å². The minimum absolute atomic E-state index is 0.0693. The van der Waals surface area contributed by atoms with E-state index in [1.165, 1.54) is 0 Å². The van der Waals surface area contributed by atoms with E-state index >= 15 is 0 Å². The Morgan fingerprint density at radius 1 is 1.47 bits per heavy atom. The standard InChI is InChI=1S/C13H24N2O2/c1-5-7-13(17-6-2)12(16)9-11-8-10(3)14-15(11)4/h8,12-13,16H,5-7,9H2,1-4H3. The maximum Gasteiger partial charge on any atom is 0.0856 e. The molecule has 98 valence electrons. The lowest BCUT2D eigenvalue weighted by atomic mass is 10.0. The predicted octanol–water partition coefficient (Wildman–Crippen LogP) is 1.84. The molecule has 0 spiro atoms. The van der Waals surface area contributed by atoms with Gasteiger partial charge in [-0.05, 0) is 26.3 Å². The zero-order valence-electron chi connectivity index (χ0n) is 11.3. The van der Waals surface area contributed by atoms with E-state index in [4.69, 9.17) is 4.74 Å². The van der Waals surface area contributed by atoms with Crippen LogP contribution in [0.1, 0.15) is 38.1 Å². The maximum absolute atomic E-state index is 10.2. The molecule has 1 aromatic rings. The normalized spacial score (nSPS) is 14.9. The van der Waals surface area contributed by atoms with Crippen molar-refractivity contribution >= 4 is 0 Å². The zero-order valence-corrected chi connectivity index (χ0v) is 11.3. The molecule has 4 heteroatoms. The van der Waals surface area contributed by atoms with Gasteiger partial charge in [-0.15, -0.1) is 0 Å². The van der Waals surface area contributed by atoms with Crippen LogP contribution in [0.3, 0.4) is 0 Å². The van der Waals surface area contributed by atoms with Gasteiger partial charge in [-0.3, -0.25) is 4.68 Å². The summed E-state index contributed by atoms with van der Waals surface area (Å²) in [6.45, 7) is 6.67. The third kappa shape index (κ3) is 4.13. The van der Waals surface area contributed by atoms with Crippen molar-refractivity contribution in [2.75, 3.05) is 6.61 Å². The predicted molar refractivity (Wildman–Crippen MR) is 68.0 cm³/mol. The molecule has 0 aliphatic rings. The molecular formula is C13H24N2O2. The van der Waals surface area contributed by atoms with Crippen LogP contribution in [0, 0.1) is 6.92 Å². The van der Waals surface area contributed by atoms with Gasteiger partial charge >= 0.3 is 0 Å². The van der Waals surface area contributed by atoms with Gasteiger partial charge in [0, 0.05) is 25.8 Å². The lowest BCUT2D eigenvalue weighted by Gasteiger charge is -2.22. The lowest BCUT2D eigenvalue weighted by Crippen LogP contribution is -2.31. The van der Waals surface area contributed by atoms with Gasteiger partial charge in [0.05, 0.1) is 17.9 Å². The first kappa shape index (κ1) is 14.2. The van der Waals surface area contributed by atoms with Crippen molar-refractivity contribution < 1.29 is 9.84 Å². The molecule has 2 atom stereocenters. The Bertz CT molecular complexity index is 330. The van der Waals surface area contributed by atoms with E-state index in [2.05, 4.69) is 12.0 Å². The maximum atomic E-state index is 10.2. The van der Waals surface area contributed by atoms with Crippen molar-refractivity contribution in [3.8, 4) is 0 Å². The number of rotatable bonds is 7. The molecule has 0 aliphatic carbocycles. The van der Waals surface area contributed by atoms with E-state index in [1.54, 1.807) is 0 Å². The van der Waals surface area contributed by atoms with Crippen LogP contribution in [0.4, 0.5) is 0 Å². The Labute approximate surface area is 104 Å². The summed E-state index contributed by atoms with van der Waals surface area (Å²) in [6.07, 6.45) is 1.99. The van der Waals surface area contributed by atoms with Gasteiger partial charge in [0.15, 0.2) is 0 Å². The molecule has 1 rings (SSSR count). The first-order valence-electron chi connectivity index (χ1n) is 6.37. The van der Waals surface area contributed by atoms with Crippen molar-refractivity contribution in [1.29, 1.82) is 0 Å². The molecule has 17 heavy (non-hydrogen) atoms. The van der Waals surface area contributed by atoms with E-state index in [1.807, 2.05) is 31.6 Å². The first-order chi connectivity index (χ1) is 8.08. The van der Waals surface area contributed by atoms with Crippen molar-refractivity contribution in [2.24, 2.45) is 7.05 Å². The van der Waals surface area contributed by atoms with Crippen LogP contribution in [0.2, 0.25) is 0 Å². The van der Waals surface area contributed by atoms with Crippen LogP contribution in [-0.2, 0) is 18.2 Å². The van der Waals surface area contributed by atoms with E-state index in [9.17, 15) is 5.11 Å². The Balaban J connectivity index is 2.62. The highest BCUT2D eigenvalue weighted by Gasteiger charge is 2.20. The van der Waals surface area contributed by atoms with E-state index in [0.29, 0.717) is 13.0 Å². The molecule has 0 radical (unpaired) electrons. The average molecular weight is 240 g/mol. The molecule has 0 aromatic carbocycles. The van der Waals surface area contributed by atoms with Crippen LogP contribution in [0.5, 0.6) is 0 Å². The minimum atomic E-state index is -0.454. The van der Waals surface area contributed by atoms with Gasteiger partial charge in [-0.2, -0.15) is 5.10 Å². The third-order valence-corrected chi connectivity index (χ3v) is 2.90. The molecule has 1 heterocycles. The molecule has 0 bridgehead atoms. The number of aryl methyl sites for hydroxylation is 2. The molecule has 0 fully saturated rings. The molecule has 0 saturated carbocycles. The van der Waals surface area contributed by atoms with Gasteiger partial charge in [0.25, 0.3) is 0 Å². The van der Waals surface area contributed by atoms with Gasteiger partial charge < -0.3 is 9.84 Å². The third-order valence-electron chi connectivity index (χ3n) is 2.90. The Hall–Kier alpha value is -0.870. The smallest absolute Gasteiger partial charge is 0.0856 e. The SMILES string of the molecule is CCCC(OCC)C(O)Cc1cc(C)nn1C. The molecule has 4 nitrogen and oxygen atoms in total. The number of aliphatic hydroxyl groups excluding tert-OH is 1. The monoisotopic (exact) mass is 240 g/mol. The lowest BCUT2D eigenvalue weighted by molar-refractivity contribution is -0.0369. The number of aliphatic hydroxyl groups is 1. The topological polar surface area (TPSA) is 47.3 Å². The van der Waals surface area contributed by atoms with E-state index < -0.39 is 6.10 Å². The summed E-state index contributed by atoms with van der Waals surface area (Å²) in [5, 5.41) is 14.5. The second-order valence-electron chi connectivity index (χ2n) is 4.45. The van der Waals surface area contributed by atoms with Crippen LogP contribution in [-0.4, -0.2) is 33.7 Å². The summed E-state index contributed by atoms with van der Waals surface area (Å²) in [7, 11) is 1.91. The second-order valence-corrected chi connectivity index (χ2v) is 4.45. The highest BCUT2D eigenvalue weighted by atomic mass is 16.5. The number of ether oxygens (including phenoxy) is 1. The highest BCUT2D eigenvalue weighted by Crippen LogP contribution is 2.13. The fourth-order valence-electron chi connectivity index (χ4n) is 2.09. The number of hydrogen-bond donors (Lipinski definition) is 1. The van der Waals surface area contributed by atoms with Crippen molar-refractivity contribution in [2.45, 2.75) is 52.2 Å². The van der Waals surface area contributed by atoms with Gasteiger partial charge in [0.2, 0.25) is 0 Å². The summed E-state index contributed by atoms with van der Waals surface area (Å²) in [6, 6.07) is 2.01.